The molecule has 0 bridgehead atoms. The molecule has 4 heteroatoms. The number of hydrogen-bond donors (Lipinski definition) is 0. The number of thiophene rings is 1. The fraction of sp³-hybridized carbons (Fsp3) is 0.565. The molecule has 1 unspecified atom stereocenters. The first-order valence-corrected chi connectivity index (χ1v) is 10.9. The van der Waals surface area contributed by atoms with Crippen molar-refractivity contribution >= 4 is 22.4 Å². The van der Waals surface area contributed by atoms with Crippen molar-refractivity contribution < 1.29 is 4.63 Å². The zero-order valence-electron chi connectivity index (χ0n) is 17.7. The third-order valence-corrected chi connectivity index (χ3v) is 7.45. The van der Waals surface area contributed by atoms with E-state index in [-0.39, 0.29) is 5.41 Å². The largest absolute Gasteiger partial charge is 0.243 e. The SMILES string of the molecule is CC(C)c1ccc(C(C)(C)CCC(C)c2ccc(C(C)C)c3nonc23)s1. The molecular formula is C23H32N2OS. The van der Waals surface area contributed by atoms with Gasteiger partial charge in [0, 0.05) is 9.75 Å². The average molecular weight is 385 g/mol. The zero-order chi connectivity index (χ0) is 19.8. The second-order valence-electron chi connectivity index (χ2n) is 9.04. The minimum Gasteiger partial charge on any atom is -0.243 e. The van der Waals surface area contributed by atoms with Gasteiger partial charge in [0.05, 0.1) is 0 Å². The van der Waals surface area contributed by atoms with Crippen LogP contribution in [0.4, 0.5) is 0 Å². The number of nitrogens with zero attached hydrogens (tertiary/aromatic N) is 2. The van der Waals surface area contributed by atoms with Gasteiger partial charge in [-0.1, -0.05) is 60.6 Å². The maximum Gasteiger partial charge on any atom is 0.138 e. The van der Waals surface area contributed by atoms with Crippen LogP contribution in [0.15, 0.2) is 28.9 Å². The van der Waals surface area contributed by atoms with Crippen molar-refractivity contribution in [3.8, 4) is 0 Å². The van der Waals surface area contributed by atoms with Gasteiger partial charge in [0.2, 0.25) is 0 Å². The van der Waals surface area contributed by atoms with Gasteiger partial charge < -0.3 is 0 Å². The van der Waals surface area contributed by atoms with E-state index in [4.69, 9.17) is 4.63 Å². The van der Waals surface area contributed by atoms with Gasteiger partial charge in [0.25, 0.3) is 0 Å². The van der Waals surface area contributed by atoms with Crippen LogP contribution in [-0.2, 0) is 5.41 Å². The molecule has 0 saturated heterocycles. The number of rotatable bonds is 7. The molecule has 0 aliphatic heterocycles. The topological polar surface area (TPSA) is 38.9 Å². The average Bonchev–Trinajstić information content (AvgIpc) is 3.28. The highest BCUT2D eigenvalue weighted by molar-refractivity contribution is 7.12. The molecule has 0 saturated carbocycles. The van der Waals surface area contributed by atoms with Crippen LogP contribution in [0.25, 0.3) is 11.0 Å². The standard InChI is InChI=1S/C23H32N2OS/c1-14(2)17-8-9-18(22-21(17)24-26-25-22)16(5)12-13-23(6,7)20-11-10-19(27-20)15(3)4/h8-11,14-16H,12-13H2,1-7H3. The summed E-state index contributed by atoms with van der Waals surface area (Å²) in [6, 6.07) is 9.04. The molecule has 0 aliphatic carbocycles. The van der Waals surface area contributed by atoms with E-state index in [1.54, 1.807) is 0 Å². The van der Waals surface area contributed by atoms with Crippen LogP contribution in [0.2, 0.25) is 0 Å². The van der Waals surface area contributed by atoms with Crippen LogP contribution in [-0.4, -0.2) is 10.3 Å². The second kappa shape index (κ2) is 7.75. The smallest absolute Gasteiger partial charge is 0.138 e. The van der Waals surface area contributed by atoms with E-state index in [1.807, 2.05) is 11.3 Å². The molecule has 0 spiro atoms. The molecule has 1 aromatic carbocycles. The molecule has 0 N–H and O–H groups in total. The lowest BCUT2D eigenvalue weighted by Crippen LogP contribution is -2.16. The highest BCUT2D eigenvalue weighted by Gasteiger charge is 2.25. The Morgan fingerprint density at radius 1 is 0.889 bits per heavy atom. The van der Waals surface area contributed by atoms with Gasteiger partial charge in [-0.2, -0.15) is 0 Å². The van der Waals surface area contributed by atoms with Crippen LogP contribution in [0, 0.1) is 0 Å². The van der Waals surface area contributed by atoms with Crippen molar-refractivity contribution in [3.05, 3.63) is 45.1 Å². The quantitative estimate of drug-likeness (QED) is 0.426. The maximum absolute atomic E-state index is 5.09. The summed E-state index contributed by atoms with van der Waals surface area (Å²) < 4.78 is 5.09. The molecule has 0 radical (unpaired) electrons. The predicted molar refractivity (Wildman–Crippen MR) is 115 cm³/mol. The van der Waals surface area contributed by atoms with Gasteiger partial charge in [-0.05, 0) is 69.6 Å². The fourth-order valence-electron chi connectivity index (χ4n) is 3.65. The van der Waals surface area contributed by atoms with Crippen LogP contribution in [0.1, 0.15) is 99.9 Å². The van der Waals surface area contributed by atoms with Gasteiger partial charge in [-0.25, -0.2) is 4.63 Å². The molecule has 0 amide bonds. The van der Waals surface area contributed by atoms with Crippen LogP contribution in [0.3, 0.4) is 0 Å². The van der Waals surface area contributed by atoms with Crippen molar-refractivity contribution in [3.63, 3.8) is 0 Å². The summed E-state index contributed by atoms with van der Waals surface area (Å²) in [6.45, 7) is 15.9. The first kappa shape index (κ1) is 20.1. The second-order valence-corrected chi connectivity index (χ2v) is 10.2. The lowest BCUT2D eigenvalue weighted by Gasteiger charge is -2.25. The monoisotopic (exact) mass is 384 g/mol. The lowest BCUT2D eigenvalue weighted by atomic mass is 9.81. The molecule has 146 valence electrons. The fourth-order valence-corrected chi connectivity index (χ4v) is 4.79. The summed E-state index contributed by atoms with van der Waals surface area (Å²) in [7, 11) is 0. The molecule has 2 aromatic heterocycles. The first-order chi connectivity index (χ1) is 12.7. The summed E-state index contributed by atoms with van der Waals surface area (Å²) in [5.41, 5.74) is 4.51. The number of fused-ring (bicyclic) bond motifs is 1. The number of hydrogen-bond acceptors (Lipinski definition) is 4. The Hall–Kier alpha value is -1.68. The van der Waals surface area contributed by atoms with Gasteiger partial charge in [-0.15, -0.1) is 11.3 Å². The normalized spacial score (nSPS) is 13.8. The third kappa shape index (κ3) is 4.11. The number of aromatic nitrogens is 2. The van der Waals surface area contributed by atoms with Gasteiger partial charge in [0.15, 0.2) is 0 Å². The molecule has 2 heterocycles. The van der Waals surface area contributed by atoms with Crippen LogP contribution < -0.4 is 0 Å². The molecular weight excluding hydrogens is 352 g/mol. The van der Waals surface area contributed by atoms with E-state index in [9.17, 15) is 0 Å². The van der Waals surface area contributed by atoms with Crippen molar-refractivity contribution in [2.24, 2.45) is 0 Å². The molecule has 0 aliphatic rings. The summed E-state index contributed by atoms with van der Waals surface area (Å²) in [5.74, 6) is 1.44. The van der Waals surface area contributed by atoms with Crippen molar-refractivity contribution in [2.75, 3.05) is 0 Å². The third-order valence-electron chi connectivity index (χ3n) is 5.70. The summed E-state index contributed by atoms with van der Waals surface area (Å²) in [5, 5.41) is 8.40. The Balaban J connectivity index is 1.77. The maximum atomic E-state index is 5.09. The van der Waals surface area contributed by atoms with Crippen LogP contribution >= 0.6 is 11.3 Å². The molecule has 3 nitrogen and oxygen atoms in total. The Morgan fingerprint density at radius 3 is 2.11 bits per heavy atom. The number of benzene rings is 1. The van der Waals surface area contributed by atoms with Gasteiger partial charge in [0.1, 0.15) is 11.0 Å². The van der Waals surface area contributed by atoms with E-state index < -0.39 is 0 Å². The van der Waals surface area contributed by atoms with Crippen molar-refractivity contribution in [1.82, 2.24) is 10.3 Å². The Bertz CT molecular complexity index is 904. The Kier molecular flexibility index (Phi) is 5.76. The summed E-state index contributed by atoms with van der Waals surface area (Å²) in [6.07, 6.45) is 2.26. The zero-order valence-corrected chi connectivity index (χ0v) is 18.5. The highest BCUT2D eigenvalue weighted by Crippen LogP contribution is 2.39. The first-order valence-electron chi connectivity index (χ1n) is 10.1. The van der Waals surface area contributed by atoms with E-state index in [0.717, 1.165) is 23.9 Å². The minimum absolute atomic E-state index is 0.186. The van der Waals surface area contributed by atoms with Gasteiger partial charge in [-0.3, -0.25) is 0 Å². The molecule has 3 aromatic rings. The molecule has 0 fully saturated rings. The summed E-state index contributed by atoms with van der Waals surface area (Å²) >= 11 is 1.97. The van der Waals surface area contributed by atoms with Crippen molar-refractivity contribution in [2.45, 2.75) is 84.5 Å². The van der Waals surface area contributed by atoms with E-state index in [1.165, 1.54) is 20.9 Å². The Labute approximate surface area is 167 Å². The van der Waals surface area contributed by atoms with E-state index >= 15 is 0 Å². The van der Waals surface area contributed by atoms with Gasteiger partial charge >= 0.3 is 0 Å². The van der Waals surface area contributed by atoms with Crippen molar-refractivity contribution in [1.29, 1.82) is 0 Å². The molecule has 27 heavy (non-hydrogen) atoms. The summed E-state index contributed by atoms with van der Waals surface area (Å²) in [4.78, 5) is 2.97. The van der Waals surface area contributed by atoms with Crippen LogP contribution in [0.5, 0.6) is 0 Å². The van der Waals surface area contributed by atoms with E-state index in [2.05, 4.69) is 83.0 Å². The molecule has 1 atom stereocenters. The van der Waals surface area contributed by atoms with E-state index in [0.29, 0.717) is 17.8 Å². The lowest BCUT2D eigenvalue weighted by molar-refractivity contribution is 0.315. The Morgan fingerprint density at radius 2 is 1.52 bits per heavy atom. The highest BCUT2D eigenvalue weighted by atomic mass is 32.1. The molecule has 3 rings (SSSR count). The minimum atomic E-state index is 0.186. The predicted octanol–water partition coefficient (Wildman–Crippen LogP) is 7.39.